The van der Waals surface area contributed by atoms with Crippen LogP contribution in [0.15, 0.2) is 28.7 Å². The number of hydrogen-bond donors (Lipinski definition) is 1. The number of unbranched alkanes of at least 4 members (excludes halogenated alkanes) is 1. The molecule has 0 heterocycles. The molecule has 0 fully saturated rings. The van der Waals surface area contributed by atoms with Gasteiger partial charge in [0.15, 0.2) is 0 Å². The Kier molecular flexibility index (Phi) is 9.26. The number of benzene rings is 1. The van der Waals surface area contributed by atoms with Gasteiger partial charge in [0.25, 0.3) is 0 Å². The molecule has 0 aromatic heterocycles. The molecular formula is C19H32BrN. The third-order valence-corrected chi connectivity index (χ3v) is 4.80. The standard InChI is InChI=1S/C19H32BrN/c1-5-7-8-16(6-2)13-18(14-21-15(3)4)17-9-11-19(20)12-10-17/h9-12,15-16,18,21H,5-8,13-14H2,1-4H3. The summed E-state index contributed by atoms with van der Waals surface area (Å²) in [7, 11) is 0. The predicted molar refractivity (Wildman–Crippen MR) is 97.9 cm³/mol. The third-order valence-electron chi connectivity index (χ3n) is 4.28. The minimum absolute atomic E-state index is 0.554. The SMILES string of the molecule is CCCCC(CC)CC(CNC(C)C)c1ccc(Br)cc1. The van der Waals surface area contributed by atoms with E-state index in [9.17, 15) is 0 Å². The fraction of sp³-hybridized carbons (Fsp3) is 0.684. The molecule has 21 heavy (non-hydrogen) atoms. The van der Waals surface area contributed by atoms with Gasteiger partial charge in [-0.05, 0) is 36.0 Å². The lowest BCUT2D eigenvalue weighted by Gasteiger charge is -2.25. The van der Waals surface area contributed by atoms with E-state index in [1.807, 2.05) is 0 Å². The smallest absolute Gasteiger partial charge is 0.0175 e. The predicted octanol–water partition coefficient (Wildman–Crippen LogP) is 6.14. The van der Waals surface area contributed by atoms with Crippen LogP contribution >= 0.6 is 15.9 Å². The van der Waals surface area contributed by atoms with Crippen LogP contribution in [-0.2, 0) is 0 Å². The molecule has 0 radical (unpaired) electrons. The zero-order chi connectivity index (χ0) is 15.7. The van der Waals surface area contributed by atoms with Gasteiger partial charge in [-0.1, -0.05) is 81.4 Å². The zero-order valence-corrected chi connectivity index (χ0v) is 15.7. The number of hydrogen-bond acceptors (Lipinski definition) is 1. The molecule has 0 saturated carbocycles. The fourth-order valence-corrected chi connectivity index (χ4v) is 3.10. The van der Waals surface area contributed by atoms with Crippen molar-refractivity contribution in [3.05, 3.63) is 34.3 Å². The van der Waals surface area contributed by atoms with E-state index >= 15 is 0 Å². The first kappa shape index (κ1) is 18.7. The van der Waals surface area contributed by atoms with Crippen molar-refractivity contribution in [1.82, 2.24) is 5.32 Å². The van der Waals surface area contributed by atoms with Crippen LogP contribution < -0.4 is 5.32 Å². The second-order valence-electron chi connectivity index (χ2n) is 6.46. The van der Waals surface area contributed by atoms with E-state index in [-0.39, 0.29) is 0 Å². The summed E-state index contributed by atoms with van der Waals surface area (Å²) >= 11 is 3.54. The molecule has 0 aliphatic heterocycles. The molecule has 1 nitrogen and oxygen atoms in total. The van der Waals surface area contributed by atoms with Crippen LogP contribution in [0.25, 0.3) is 0 Å². The third kappa shape index (κ3) is 7.46. The normalized spacial score (nSPS) is 14.4. The Balaban J connectivity index is 2.73. The van der Waals surface area contributed by atoms with Gasteiger partial charge >= 0.3 is 0 Å². The van der Waals surface area contributed by atoms with Crippen LogP contribution in [0.1, 0.15) is 71.3 Å². The van der Waals surface area contributed by atoms with Crippen molar-refractivity contribution in [1.29, 1.82) is 0 Å². The van der Waals surface area contributed by atoms with Gasteiger partial charge in [-0.2, -0.15) is 0 Å². The van der Waals surface area contributed by atoms with E-state index in [2.05, 4.69) is 73.2 Å². The van der Waals surface area contributed by atoms with Gasteiger partial charge in [-0.25, -0.2) is 0 Å². The first-order valence-electron chi connectivity index (χ1n) is 8.55. The van der Waals surface area contributed by atoms with Gasteiger partial charge in [0.2, 0.25) is 0 Å². The van der Waals surface area contributed by atoms with Crippen molar-refractivity contribution in [3.63, 3.8) is 0 Å². The van der Waals surface area contributed by atoms with E-state index in [4.69, 9.17) is 0 Å². The summed E-state index contributed by atoms with van der Waals surface area (Å²) < 4.78 is 1.17. The molecule has 1 aromatic rings. The van der Waals surface area contributed by atoms with Gasteiger partial charge in [0.05, 0.1) is 0 Å². The topological polar surface area (TPSA) is 12.0 Å². The van der Waals surface area contributed by atoms with Crippen molar-refractivity contribution in [2.24, 2.45) is 5.92 Å². The lowest BCUT2D eigenvalue weighted by Crippen LogP contribution is -2.29. The largest absolute Gasteiger partial charge is 0.314 e. The van der Waals surface area contributed by atoms with Gasteiger partial charge in [0, 0.05) is 17.1 Å². The lowest BCUT2D eigenvalue weighted by molar-refractivity contribution is 0.371. The van der Waals surface area contributed by atoms with Crippen LogP contribution in [0.5, 0.6) is 0 Å². The van der Waals surface area contributed by atoms with Crippen LogP contribution in [0, 0.1) is 5.92 Å². The molecule has 0 aliphatic rings. The molecule has 1 aromatic carbocycles. The zero-order valence-electron chi connectivity index (χ0n) is 14.2. The highest BCUT2D eigenvalue weighted by molar-refractivity contribution is 9.10. The first-order chi connectivity index (χ1) is 10.1. The highest BCUT2D eigenvalue weighted by Crippen LogP contribution is 2.29. The maximum absolute atomic E-state index is 3.63. The van der Waals surface area contributed by atoms with Crippen molar-refractivity contribution in [2.45, 2.75) is 71.8 Å². The van der Waals surface area contributed by atoms with E-state index in [1.165, 1.54) is 42.1 Å². The van der Waals surface area contributed by atoms with Crippen molar-refractivity contribution < 1.29 is 0 Å². The Morgan fingerprint density at radius 3 is 2.29 bits per heavy atom. The Labute approximate surface area is 140 Å². The number of rotatable bonds is 10. The van der Waals surface area contributed by atoms with Crippen LogP contribution in [0.2, 0.25) is 0 Å². The molecule has 2 unspecified atom stereocenters. The molecular weight excluding hydrogens is 322 g/mol. The number of halogens is 1. The summed E-state index contributed by atoms with van der Waals surface area (Å²) in [5.74, 6) is 1.48. The molecule has 0 saturated heterocycles. The molecule has 2 heteroatoms. The van der Waals surface area contributed by atoms with Gasteiger partial charge in [0.1, 0.15) is 0 Å². The van der Waals surface area contributed by atoms with Crippen molar-refractivity contribution in [3.8, 4) is 0 Å². The summed E-state index contributed by atoms with van der Waals surface area (Å²) in [4.78, 5) is 0. The van der Waals surface area contributed by atoms with Crippen LogP contribution in [-0.4, -0.2) is 12.6 Å². The Morgan fingerprint density at radius 2 is 1.76 bits per heavy atom. The number of nitrogens with one attached hydrogen (secondary N) is 1. The molecule has 0 bridgehead atoms. The highest BCUT2D eigenvalue weighted by atomic mass is 79.9. The second kappa shape index (κ2) is 10.4. The minimum atomic E-state index is 0.554. The summed E-state index contributed by atoms with van der Waals surface area (Å²) in [5, 5.41) is 3.63. The minimum Gasteiger partial charge on any atom is -0.314 e. The summed E-state index contributed by atoms with van der Waals surface area (Å²) in [6.45, 7) is 10.2. The Morgan fingerprint density at radius 1 is 1.10 bits per heavy atom. The molecule has 0 amide bonds. The average molecular weight is 354 g/mol. The van der Waals surface area contributed by atoms with Crippen LogP contribution in [0.4, 0.5) is 0 Å². The molecule has 2 atom stereocenters. The molecule has 0 aliphatic carbocycles. The fourth-order valence-electron chi connectivity index (χ4n) is 2.83. The molecule has 120 valence electrons. The quantitative estimate of drug-likeness (QED) is 0.532. The Bertz CT molecular complexity index is 372. The molecule has 1 rings (SSSR count). The van der Waals surface area contributed by atoms with E-state index in [1.54, 1.807) is 0 Å². The van der Waals surface area contributed by atoms with E-state index in [0.29, 0.717) is 12.0 Å². The summed E-state index contributed by atoms with van der Waals surface area (Å²) in [6.07, 6.45) is 6.65. The maximum Gasteiger partial charge on any atom is 0.0175 e. The van der Waals surface area contributed by atoms with E-state index in [0.717, 1.165) is 12.5 Å². The summed E-state index contributed by atoms with van der Waals surface area (Å²) in [6, 6.07) is 9.46. The first-order valence-corrected chi connectivity index (χ1v) is 9.34. The summed E-state index contributed by atoms with van der Waals surface area (Å²) in [5.41, 5.74) is 1.47. The van der Waals surface area contributed by atoms with Gasteiger partial charge in [-0.3, -0.25) is 0 Å². The van der Waals surface area contributed by atoms with Gasteiger partial charge in [-0.15, -0.1) is 0 Å². The average Bonchev–Trinajstić information content (AvgIpc) is 2.47. The van der Waals surface area contributed by atoms with Crippen molar-refractivity contribution in [2.75, 3.05) is 6.54 Å². The maximum atomic E-state index is 3.63. The van der Waals surface area contributed by atoms with Crippen molar-refractivity contribution >= 4 is 15.9 Å². The van der Waals surface area contributed by atoms with Crippen LogP contribution in [0.3, 0.4) is 0 Å². The second-order valence-corrected chi connectivity index (χ2v) is 7.38. The monoisotopic (exact) mass is 353 g/mol. The lowest BCUT2D eigenvalue weighted by atomic mass is 9.85. The van der Waals surface area contributed by atoms with Gasteiger partial charge < -0.3 is 5.32 Å². The Hall–Kier alpha value is -0.340. The molecule has 0 spiro atoms. The van der Waals surface area contributed by atoms with E-state index < -0.39 is 0 Å². The molecule has 1 N–H and O–H groups in total. The highest BCUT2D eigenvalue weighted by Gasteiger charge is 2.17.